The average Bonchev–Trinajstić information content (AvgIpc) is 2.45. The molecule has 4 nitrogen and oxygen atoms in total. The molecular formula is C14H21N3OS. The minimum atomic E-state index is 0.115. The first-order valence-electron chi connectivity index (χ1n) is 6.74. The van der Waals surface area contributed by atoms with Crippen LogP contribution >= 0.6 is 11.8 Å². The summed E-state index contributed by atoms with van der Waals surface area (Å²) < 4.78 is 0. The van der Waals surface area contributed by atoms with Gasteiger partial charge in [0.1, 0.15) is 0 Å². The summed E-state index contributed by atoms with van der Waals surface area (Å²) in [6.45, 7) is 4.68. The number of aromatic nitrogens is 1. The van der Waals surface area contributed by atoms with E-state index in [1.165, 1.54) is 12.8 Å². The van der Waals surface area contributed by atoms with E-state index < -0.39 is 0 Å². The molecule has 1 amide bonds. The number of amides is 1. The van der Waals surface area contributed by atoms with Gasteiger partial charge in [0.2, 0.25) is 5.91 Å². The molecule has 0 bridgehead atoms. The molecule has 0 radical (unpaired) electrons. The predicted molar refractivity (Wildman–Crippen MR) is 79.2 cm³/mol. The number of carbonyl (C=O) groups excluding carboxylic acids is 1. The lowest BCUT2D eigenvalue weighted by Gasteiger charge is -2.21. The summed E-state index contributed by atoms with van der Waals surface area (Å²) in [6.07, 6.45) is 4.15. The zero-order valence-electron chi connectivity index (χ0n) is 11.3. The van der Waals surface area contributed by atoms with E-state index in [1.807, 2.05) is 25.3 Å². The molecule has 0 unspecified atom stereocenters. The van der Waals surface area contributed by atoms with Crippen molar-refractivity contribution in [3.8, 4) is 0 Å². The number of thioether (sulfide) groups is 1. The van der Waals surface area contributed by atoms with Crippen LogP contribution in [0.2, 0.25) is 0 Å². The fourth-order valence-corrected chi connectivity index (χ4v) is 3.07. The number of piperidine rings is 1. The number of hydrogen-bond acceptors (Lipinski definition) is 4. The molecule has 0 atom stereocenters. The Morgan fingerprint density at radius 1 is 1.47 bits per heavy atom. The summed E-state index contributed by atoms with van der Waals surface area (Å²) in [5.41, 5.74) is 2.04. The highest BCUT2D eigenvalue weighted by Gasteiger charge is 2.14. The maximum atomic E-state index is 11.8. The molecule has 104 valence electrons. The van der Waals surface area contributed by atoms with Crippen LogP contribution in [-0.4, -0.2) is 35.0 Å². The van der Waals surface area contributed by atoms with Crippen LogP contribution in [0.5, 0.6) is 0 Å². The van der Waals surface area contributed by atoms with Crippen LogP contribution < -0.4 is 10.6 Å². The first-order valence-corrected chi connectivity index (χ1v) is 7.79. The molecule has 0 aliphatic carbocycles. The molecule has 1 saturated heterocycles. The minimum Gasteiger partial charge on any atom is -0.351 e. The Balaban J connectivity index is 1.65. The van der Waals surface area contributed by atoms with E-state index in [9.17, 15) is 4.79 Å². The minimum absolute atomic E-state index is 0.115. The third-order valence-corrected chi connectivity index (χ3v) is 4.57. The number of aryl methyl sites for hydroxylation is 1. The van der Waals surface area contributed by atoms with Crippen LogP contribution in [-0.2, 0) is 11.3 Å². The van der Waals surface area contributed by atoms with E-state index in [0.717, 1.165) is 24.3 Å². The fourth-order valence-electron chi connectivity index (χ4n) is 2.01. The number of nitrogens with zero attached hydrogens (tertiary/aromatic N) is 1. The predicted octanol–water partition coefficient (Wildman–Crippen LogP) is 1.49. The summed E-state index contributed by atoms with van der Waals surface area (Å²) in [4.78, 5) is 16.0. The third-order valence-electron chi connectivity index (χ3n) is 3.20. The SMILES string of the molecule is Cc1ccc(CNC(=O)CSC2CCNCC2)cn1. The zero-order valence-corrected chi connectivity index (χ0v) is 12.1. The van der Waals surface area contributed by atoms with Crippen molar-refractivity contribution < 1.29 is 4.79 Å². The number of rotatable bonds is 5. The Morgan fingerprint density at radius 2 is 2.26 bits per heavy atom. The summed E-state index contributed by atoms with van der Waals surface area (Å²) in [5.74, 6) is 0.674. The normalized spacial score (nSPS) is 16.3. The van der Waals surface area contributed by atoms with Crippen molar-refractivity contribution in [1.82, 2.24) is 15.6 Å². The van der Waals surface area contributed by atoms with Gasteiger partial charge in [-0.25, -0.2) is 0 Å². The van der Waals surface area contributed by atoms with Crippen LogP contribution in [0.4, 0.5) is 0 Å². The zero-order chi connectivity index (χ0) is 13.5. The molecular weight excluding hydrogens is 258 g/mol. The van der Waals surface area contributed by atoms with Crippen molar-refractivity contribution in [2.45, 2.75) is 31.6 Å². The van der Waals surface area contributed by atoms with Gasteiger partial charge in [0.25, 0.3) is 0 Å². The summed E-state index contributed by atoms with van der Waals surface area (Å²) in [6, 6.07) is 3.97. The van der Waals surface area contributed by atoms with Gasteiger partial charge < -0.3 is 10.6 Å². The fraction of sp³-hybridized carbons (Fsp3) is 0.571. The summed E-state index contributed by atoms with van der Waals surface area (Å²) in [5, 5.41) is 6.91. The lowest BCUT2D eigenvalue weighted by molar-refractivity contribution is -0.118. The van der Waals surface area contributed by atoms with E-state index in [0.29, 0.717) is 17.5 Å². The van der Waals surface area contributed by atoms with Gasteiger partial charge in [-0.05, 0) is 44.5 Å². The summed E-state index contributed by atoms with van der Waals surface area (Å²) >= 11 is 1.78. The standard InChI is InChI=1S/C14H21N3OS/c1-11-2-3-12(8-16-11)9-17-14(18)10-19-13-4-6-15-7-5-13/h2-3,8,13,15H,4-7,9-10H2,1H3,(H,17,18). The topological polar surface area (TPSA) is 54.0 Å². The van der Waals surface area contributed by atoms with Gasteiger partial charge in [0.05, 0.1) is 5.75 Å². The Bertz CT molecular complexity index is 402. The first-order chi connectivity index (χ1) is 9.24. The molecule has 1 aromatic heterocycles. The summed E-state index contributed by atoms with van der Waals surface area (Å²) in [7, 11) is 0. The maximum Gasteiger partial charge on any atom is 0.230 e. The van der Waals surface area contributed by atoms with Gasteiger partial charge in [-0.2, -0.15) is 0 Å². The van der Waals surface area contributed by atoms with Crippen molar-refractivity contribution in [2.75, 3.05) is 18.8 Å². The van der Waals surface area contributed by atoms with Gasteiger partial charge in [0, 0.05) is 23.7 Å². The van der Waals surface area contributed by atoms with Crippen LogP contribution in [0.15, 0.2) is 18.3 Å². The van der Waals surface area contributed by atoms with Crippen LogP contribution in [0.3, 0.4) is 0 Å². The second-order valence-electron chi connectivity index (χ2n) is 4.84. The molecule has 19 heavy (non-hydrogen) atoms. The molecule has 1 aliphatic heterocycles. The molecule has 1 fully saturated rings. The third kappa shape index (κ3) is 5.20. The van der Waals surface area contributed by atoms with Gasteiger partial charge in [0.15, 0.2) is 0 Å². The Kier molecular flexibility index (Phi) is 5.66. The van der Waals surface area contributed by atoms with Crippen molar-refractivity contribution in [2.24, 2.45) is 0 Å². The van der Waals surface area contributed by atoms with Gasteiger partial charge >= 0.3 is 0 Å². The lowest BCUT2D eigenvalue weighted by atomic mass is 10.2. The highest BCUT2D eigenvalue weighted by molar-refractivity contribution is 8.00. The van der Waals surface area contributed by atoms with E-state index in [-0.39, 0.29) is 5.91 Å². The Morgan fingerprint density at radius 3 is 2.95 bits per heavy atom. The molecule has 2 rings (SSSR count). The van der Waals surface area contributed by atoms with Crippen LogP contribution in [0.1, 0.15) is 24.1 Å². The van der Waals surface area contributed by atoms with E-state index in [4.69, 9.17) is 0 Å². The lowest BCUT2D eigenvalue weighted by Crippen LogP contribution is -2.31. The number of hydrogen-bond donors (Lipinski definition) is 2. The maximum absolute atomic E-state index is 11.8. The van der Waals surface area contributed by atoms with Gasteiger partial charge in [-0.3, -0.25) is 9.78 Å². The number of nitrogens with one attached hydrogen (secondary N) is 2. The monoisotopic (exact) mass is 279 g/mol. The van der Waals surface area contributed by atoms with Crippen LogP contribution in [0.25, 0.3) is 0 Å². The van der Waals surface area contributed by atoms with Gasteiger partial charge in [-0.1, -0.05) is 6.07 Å². The highest BCUT2D eigenvalue weighted by atomic mass is 32.2. The van der Waals surface area contributed by atoms with E-state index in [2.05, 4.69) is 15.6 Å². The van der Waals surface area contributed by atoms with Crippen molar-refractivity contribution in [3.05, 3.63) is 29.6 Å². The molecule has 2 heterocycles. The van der Waals surface area contributed by atoms with Crippen molar-refractivity contribution in [3.63, 3.8) is 0 Å². The van der Waals surface area contributed by atoms with Crippen LogP contribution in [0, 0.1) is 6.92 Å². The number of carbonyl (C=O) groups is 1. The van der Waals surface area contributed by atoms with E-state index in [1.54, 1.807) is 11.8 Å². The van der Waals surface area contributed by atoms with Crippen molar-refractivity contribution >= 4 is 17.7 Å². The second-order valence-corrected chi connectivity index (χ2v) is 6.13. The molecule has 0 aromatic carbocycles. The Hall–Kier alpha value is -1.07. The molecule has 5 heteroatoms. The largest absolute Gasteiger partial charge is 0.351 e. The highest BCUT2D eigenvalue weighted by Crippen LogP contribution is 2.19. The molecule has 1 aromatic rings. The average molecular weight is 279 g/mol. The van der Waals surface area contributed by atoms with E-state index >= 15 is 0 Å². The molecule has 2 N–H and O–H groups in total. The molecule has 0 spiro atoms. The van der Waals surface area contributed by atoms with Crippen molar-refractivity contribution in [1.29, 1.82) is 0 Å². The quantitative estimate of drug-likeness (QED) is 0.857. The van der Waals surface area contributed by atoms with Gasteiger partial charge in [-0.15, -0.1) is 11.8 Å². The molecule has 0 saturated carbocycles. The second kappa shape index (κ2) is 7.50. The number of pyridine rings is 1. The Labute approximate surface area is 118 Å². The smallest absolute Gasteiger partial charge is 0.230 e. The first kappa shape index (κ1) is 14.3. The molecule has 1 aliphatic rings.